The van der Waals surface area contributed by atoms with E-state index >= 15 is 0 Å². The second kappa shape index (κ2) is 6.21. The van der Waals surface area contributed by atoms with E-state index in [1.54, 1.807) is 29.1 Å². The van der Waals surface area contributed by atoms with Gasteiger partial charge in [0.25, 0.3) is 5.91 Å². The number of hydrogen-bond donors (Lipinski definition) is 1. The number of rotatable bonds is 4. The van der Waals surface area contributed by atoms with Gasteiger partial charge in [-0.15, -0.1) is 0 Å². The van der Waals surface area contributed by atoms with E-state index in [2.05, 4.69) is 26.3 Å². The molecular formula is C13H13BrClN3O. The Morgan fingerprint density at radius 1 is 1.47 bits per heavy atom. The molecule has 100 valence electrons. The van der Waals surface area contributed by atoms with Crippen LogP contribution in [0.15, 0.2) is 34.9 Å². The van der Waals surface area contributed by atoms with Gasteiger partial charge in [0.2, 0.25) is 0 Å². The SMILES string of the molecule is Cn1nccc1CCNC(=O)c1ccc(Cl)c(Br)c1. The number of amides is 1. The number of halogens is 2. The van der Waals surface area contributed by atoms with Gasteiger partial charge in [0.05, 0.1) is 5.02 Å². The first-order valence-electron chi connectivity index (χ1n) is 5.78. The van der Waals surface area contributed by atoms with Crippen molar-refractivity contribution in [2.24, 2.45) is 7.05 Å². The molecule has 2 aromatic rings. The van der Waals surface area contributed by atoms with Crippen LogP contribution in [-0.2, 0) is 13.5 Å². The average molecular weight is 343 g/mol. The summed E-state index contributed by atoms with van der Waals surface area (Å²) in [5.41, 5.74) is 1.67. The van der Waals surface area contributed by atoms with E-state index in [1.807, 2.05) is 13.1 Å². The molecule has 0 fully saturated rings. The molecule has 0 aliphatic rings. The quantitative estimate of drug-likeness (QED) is 0.929. The lowest BCUT2D eigenvalue weighted by Crippen LogP contribution is -2.26. The molecule has 2 rings (SSSR count). The van der Waals surface area contributed by atoms with Crippen LogP contribution in [0.1, 0.15) is 16.1 Å². The third-order valence-corrected chi connectivity index (χ3v) is 3.98. The van der Waals surface area contributed by atoms with Gasteiger partial charge in [-0.3, -0.25) is 9.48 Å². The summed E-state index contributed by atoms with van der Waals surface area (Å²) in [7, 11) is 1.88. The first-order chi connectivity index (χ1) is 9.08. The van der Waals surface area contributed by atoms with Crippen LogP contribution >= 0.6 is 27.5 Å². The fourth-order valence-corrected chi connectivity index (χ4v) is 2.19. The fraction of sp³-hybridized carbons (Fsp3) is 0.231. The number of aromatic nitrogens is 2. The summed E-state index contributed by atoms with van der Waals surface area (Å²) >= 11 is 9.19. The number of hydrogen-bond acceptors (Lipinski definition) is 2. The van der Waals surface area contributed by atoms with E-state index < -0.39 is 0 Å². The molecule has 0 atom stereocenters. The lowest BCUT2D eigenvalue weighted by Gasteiger charge is -2.06. The van der Waals surface area contributed by atoms with E-state index in [1.165, 1.54) is 0 Å². The Morgan fingerprint density at radius 3 is 2.89 bits per heavy atom. The van der Waals surface area contributed by atoms with E-state index in [4.69, 9.17) is 11.6 Å². The summed E-state index contributed by atoms with van der Waals surface area (Å²) in [6.45, 7) is 0.568. The molecule has 0 bridgehead atoms. The van der Waals surface area contributed by atoms with Gasteiger partial charge in [0, 0.05) is 41.9 Å². The van der Waals surface area contributed by atoms with E-state index in [9.17, 15) is 4.79 Å². The predicted molar refractivity (Wildman–Crippen MR) is 78.4 cm³/mol. The fourth-order valence-electron chi connectivity index (χ4n) is 1.69. The summed E-state index contributed by atoms with van der Waals surface area (Å²) in [5, 5.41) is 7.53. The average Bonchev–Trinajstić information content (AvgIpc) is 2.78. The Balaban J connectivity index is 1.91. The molecule has 19 heavy (non-hydrogen) atoms. The van der Waals surface area contributed by atoms with Crippen LogP contribution in [0.3, 0.4) is 0 Å². The van der Waals surface area contributed by atoms with E-state index in [0.717, 1.165) is 12.1 Å². The summed E-state index contributed by atoms with van der Waals surface area (Å²) in [6, 6.07) is 7.04. The molecule has 0 unspecified atom stereocenters. The second-order valence-electron chi connectivity index (χ2n) is 4.08. The number of carbonyl (C=O) groups is 1. The molecule has 4 nitrogen and oxygen atoms in total. The predicted octanol–water partition coefficient (Wildman–Crippen LogP) is 2.81. The monoisotopic (exact) mass is 341 g/mol. The summed E-state index contributed by atoms with van der Waals surface area (Å²) in [5.74, 6) is -0.112. The molecule has 1 N–H and O–H groups in total. The zero-order chi connectivity index (χ0) is 13.8. The lowest BCUT2D eigenvalue weighted by molar-refractivity contribution is 0.0954. The van der Waals surface area contributed by atoms with Crippen molar-refractivity contribution in [3.05, 3.63) is 51.2 Å². The normalized spacial score (nSPS) is 10.5. The number of nitrogens with zero attached hydrogens (tertiary/aromatic N) is 2. The van der Waals surface area contributed by atoms with Crippen LogP contribution in [0.2, 0.25) is 5.02 Å². The van der Waals surface area contributed by atoms with Crippen molar-refractivity contribution >= 4 is 33.4 Å². The molecule has 6 heteroatoms. The topological polar surface area (TPSA) is 46.9 Å². The Hall–Kier alpha value is -1.33. The van der Waals surface area contributed by atoms with Crippen molar-refractivity contribution in [1.82, 2.24) is 15.1 Å². The molecule has 0 radical (unpaired) electrons. The summed E-state index contributed by atoms with van der Waals surface area (Å²) < 4.78 is 2.51. The number of carbonyl (C=O) groups excluding carboxylic acids is 1. The van der Waals surface area contributed by atoms with Gasteiger partial charge >= 0.3 is 0 Å². The van der Waals surface area contributed by atoms with Gasteiger partial charge in [-0.1, -0.05) is 11.6 Å². The highest BCUT2D eigenvalue weighted by molar-refractivity contribution is 9.10. The third-order valence-electron chi connectivity index (χ3n) is 2.77. The van der Waals surface area contributed by atoms with Crippen molar-refractivity contribution < 1.29 is 4.79 Å². The zero-order valence-corrected chi connectivity index (χ0v) is 12.7. The van der Waals surface area contributed by atoms with Crippen molar-refractivity contribution in [1.29, 1.82) is 0 Å². The third kappa shape index (κ3) is 3.58. The maximum absolute atomic E-state index is 11.9. The highest BCUT2D eigenvalue weighted by Crippen LogP contribution is 2.23. The van der Waals surface area contributed by atoms with Gasteiger partial charge in [0.1, 0.15) is 0 Å². The minimum absolute atomic E-state index is 0.112. The maximum Gasteiger partial charge on any atom is 0.251 e. The Kier molecular flexibility index (Phi) is 4.61. The van der Waals surface area contributed by atoms with Gasteiger partial charge in [-0.05, 0) is 40.2 Å². The molecule has 1 aromatic heterocycles. The highest BCUT2D eigenvalue weighted by Gasteiger charge is 2.07. The molecule has 0 spiro atoms. The minimum Gasteiger partial charge on any atom is -0.352 e. The van der Waals surface area contributed by atoms with Crippen molar-refractivity contribution in [2.45, 2.75) is 6.42 Å². The molecule has 0 saturated heterocycles. The molecule has 0 aliphatic carbocycles. The van der Waals surface area contributed by atoms with E-state index in [-0.39, 0.29) is 5.91 Å². The van der Waals surface area contributed by atoms with E-state index in [0.29, 0.717) is 21.6 Å². The Morgan fingerprint density at radius 2 is 2.26 bits per heavy atom. The van der Waals surface area contributed by atoms with Gasteiger partial charge in [0.15, 0.2) is 0 Å². The lowest BCUT2D eigenvalue weighted by atomic mass is 10.2. The van der Waals surface area contributed by atoms with Crippen molar-refractivity contribution in [3.63, 3.8) is 0 Å². The van der Waals surface area contributed by atoms with Crippen LogP contribution in [0, 0.1) is 0 Å². The molecule has 1 heterocycles. The van der Waals surface area contributed by atoms with Gasteiger partial charge in [-0.2, -0.15) is 5.10 Å². The summed E-state index contributed by atoms with van der Waals surface area (Å²) in [4.78, 5) is 11.9. The molecule has 1 aromatic carbocycles. The second-order valence-corrected chi connectivity index (χ2v) is 5.34. The maximum atomic E-state index is 11.9. The zero-order valence-electron chi connectivity index (χ0n) is 10.4. The first-order valence-corrected chi connectivity index (χ1v) is 6.95. The van der Waals surface area contributed by atoms with Crippen molar-refractivity contribution in [2.75, 3.05) is 6.54 Å². The molecule has 0 saturated carbocycles. The first kappa shape index (κ1) is 14.1. The van der Waals surface area contributed by atoms with Crippen LogP contribution < -0.4 is 5.32 Å². The number of nitrogens with one attached hydrogen (secondary N) is 1. The van der Waals surface area contributed by atoms with Gasteiger partial charge < -0.3 is 5.32 Å². The van der Waals surface area contributed by atoms with Crippen LogP contribution in [0.25, 0.3) is 0 Å². The number of aryl methyl sites for hydroxylation is 1. The smallest absolute Gasteiger partial charge is 0.251 e. The molecule has 0 aliphatic heterocycles. The molecular weight excluding hydrogens is 330 g/mol. The standard InChI is InChI=1S/C13H13BrClN3O/c1-18-10(5-7-17-18)4-6-16-13(19)9-2-3-12(15)11(14)8-9/h2-3,5,7-8H,4,6H2,1H3,(H,16,19). The number of benzene rings is 1. The molecule has 1 amide bonds. The Bertz CT molecular complexity index is 597. The van der Waals surface area contributed by atoms with Crippen LogP contribution in [-0.4, -0.2) is 22.2 Å². The Labute approximate surface area is 124 Å². The van der Waals surface area contributed by atoms with Crippen LogP contribution in [0.5, 0.6) is 0 Å². The highest BCUT2D eigenvalue weighted by atomic mass is 79.9. The van der Waals surface area contributed by atoms with Crippen molar-refractivity contribution in [3.8, 4) is 0 Å². The summed E-state index contributed by atoms with van der Waals surface area (Å²) in [6.07, 6.45) is 2.49. The van der Waals surface area contributed by atoms with Gasteiger partial charge in [-0.25, -0.2) is 0 Å². The largest absolute Gasteiger partial charge is 0.352 e. The minimum atomic E-state index is -0.112. The van der Waals surface area contributed by atoms with Crippen LogP contribution in [0.4, 0.5) is 0 Å².